The van der Waals surface area contributed by atoms with Crippen LogP contribution in [0.3, 0.4) is 0 Å². The topological polar surface area (TPSA) is 90.4 Å². The second-order valence-corrected chi connectivity index (χ2v) is 9.53. The van der Waals surface area contributed by atoms with E-state index < -0.39 is 29.1 Å². The van der Waals surface area contributed by atoms with Crippen molar-refractivity contribution >= 4 is 17.7 Å². The number of aliphatic hydroxyl groups is 1. The molecule has 0 saturated carbocycles. The van der Waals surface area contributed by atoms with Crippen LogP contribution in [0.4, 0.5) is 0 Å². The van der Waals surface area contributed by atoms with Crippen molar-refractivity contribution in [3.05, 3.63) is 24.3 Å². The molecule has 4 rings (SSSR count). The summed E-state index contributed by atoms with van der Waals surface area (Å²) in [5, 5.41) is 9.72. The predicted octanol–water partition coefficient (Wildman–Crippen LogP) is 0.955. The maximum atomic E-state index is 13.9. The number of amides is 3. The number of rotatable bonds is 6. The Morgan fingerprint density at radius 3 is 2.47 bits per heavy atom. The van der Waals surface area contributed by atoms with Crippen LogP contribution in [-0.2, 0) is 19.1 Å². The van der Waals surface area contributed by atoms with Crippen molar-refractivity contribution in [2.75, 3.05) is 33.3 Å². The number of ether oxygens (including phenoxy) is 1. The average Bonchev–Trinajstić information content (AvgIpc) is 3.05. The van der Waals surface area contributed by atoms with Gasteiger partial charge in [-0.2, -0.15) is 0 Å². The van der Waals surface area contributed by atoms with Gasteiger partial charge in [0.2, 0.25) is 17.7 Å². The lowest BCUT2D eigenvalue weighted by atomic mass is 9.73. The minimum absolute atomic E-state index is 0.0112. The first kappa shape index (κ1) is 23.0. The van der Waals surface area contributed by atoms with Gasteiger partial charge in [-0.25, -0.2) is 0 Å². The van der Waals surface area contributed by atoms with Crippen molar-refractivity contribution in [1.82, 2.24) is 14.7 Å². The first-order chi connectivity index (χ1) is 15.3. The van der Waals surface area contributed by atoms with Gasteiger partial charge in [0.25, 0.3) is 0 Å². The molecule has 2 saturated heterocycles. The second kappa shape index (κ2) is 8.30. The zero-order chi connectivity index (χ0) is 23.3. The van der Waals surface area contributed by atoms with Gasteiger partial charge >= 0.3 is 0 Å². The highest BCUT2D eigenvalue weighted by molar-refractivity contribution is 6.00. The molecule has 2 unspecified atom stereocenters. The standard InChI is InChI=1S/C24H35N3O5/c1-5-9-16(3)26-13-8-11-24-18(21(30)27(14-15-28)19(24)22(26)31)17-20(29)25(4)12-7-10-23(17,6-2)32-24/h7-8,10-11,16-19,28H,5-6,9,12-15H2,1-4H3/t16?,17-,18+,19?,23+,24+/m1/s1. The second-order valence-electron chi connectivity index (χ2n) is 9.53. The van der Waals surface area contributed by atoms with Crippen molar-refractivity contribution in [1.29, 1.82) is 0 Å². The predicted molar refractivity (Wildman–Crippen MR) is 118 cm³/mol. The number of hydrogen-bond donors (Lipinski definition) is 1. The maximum Gasteiger partial charge on any atom is 0.249 e. The minimum atomic E-state index is -1.23. The van der Waals surface area contributed by atoms with Gasteiger partial charge in [-0.3, -0.25) is 14.4 Å². The van der Waals surface area contributed by atoms with E-state index in [0.29, 0.717) is 19.5 Å². The molecule has 0 radical (unpaired) electrons. The SMILES string of the molecule is CCCC(C)N1CC=C[C@]23O[C@@]4(CC)C=CCN(C)C(=O)[C@H]4[C@H]2C(=O)N(CCO)C3C1=O. The fraction of sp³-hybridized carbons (Fsp3) is 0.708. The van der Waals surface area contributed by atoms with Crippen LogP contribution in [0.2, 0.25) is 0 Å². The van der Waals surface area contributed by atoms with Gasteiger partial charge in [0.05, 0.1) is 24.0 Å². The number of hydrogen-bond acceptors (Lipinski definition) is 5. The summed E-state index contributed by atoms with van der Waals surface area (Å²) >= 11 is 0. The molecule has 4 aliphatic heterocycles. The lowest BCUT2D eigenvalue weighted by Gasteiger charge is -2.39. The molecular formula is C24H35N3O5. The highest BCUT2D eigenvalue weighted by atomic mass is 16.5. The number of carbonyl (C=O) groups is 3. The molecule has 8 nitrogen and oxygen atoms in total. The molecule has 1 N–H and O–H groups in total. The van der Waals surface area contributed by atoms with E-state index in [1.165, 1.54) is 4.90 Å². The number of fused-ring (bicyclic) bond motifs is 2. The van der Waals surface area contributed by atoms with Crippen LogP contribution in [0.1, 0.15) is 40.0 Å². The summed E-state index contributed by atoms with van der Waals surface area (Å²) in [5.74, 6) is -2.12. The van der Waals surface area contributed by atoms with Crippen LogP contribution in [0, 0.1) is 11.8 Å². The van der Waals surface area contributed by atoms with Crippen LogP contribution >= 0.6 is 0 Å². The van der Waals surface area contributed by atoms with Gasteiger partial charge in [-0.1, -0.05) is 44.6 Å². The van der Waals surface area contributed by atoms with Gasteiger partial charge in [0.1, 0.15) is 11.6 Å². The lowest BCUT2D eigenvalue weighted by Crippen LogP contribution is -2.57. The number of likely N-dealkylation sites (tertiary alicyclic amines) is 1. The van der Waals surface area contributed by atoms with E-state index in [1.54, 1.807) is 16.8 Å². The van der Waals surface area contributed by atoms with E-state index in [-0.39, 0.29) is 36.9 Å². The van der Waals surface area contributed by atoms with Gasteiger partial charge < -0.3 is 24.5 Å². The van der Waals surface area contributed by atoms with Gasteiger partial charge in [0.15, 0.2) is 0 Å². The lowest BCUT2D eigenvalue weighted by molar-refractivity contribution is -0.155. The first-order valence-corrected chi connectivity index (χ1v) is 11.8. The summed E-state index contributed by atoms with van der Waals surface area (Å²) in [5.41, 5.74) is -2.18. The quantitative estimate of drug-likeness (QED) is 0.615. The van der Waals surface area contributed by atoms with E-state index in [9.17, 15) is 19.5 Å². The van der Waals surface area contributed by atoms with Crippen LogP contribution in [0.25, 0.3) is 0 Å². The summed E-state index contributed by atoms with van der Waals surface area (Å²) in [6, 6.07) is -0.885. The highest BCUT2D eigenvalue weighted by Gasteiger charge is 2.75. The summed E-state index contributed by atoms with van der Waals surface area (Å²) in [4.78, 5) is 46.1. The molecule has 176 valence electrons. The van der Waals surface area contributed by atoms with E-state index in [0.717, 1.165) is 12.8 Å². The van der Waals surface area contributed by atoms with E-state index >= 15 is 0 Å². The molecule has 0 aromatic heterocycles. The Morgan fingerprint density at radius 2 is 1.81 bits per heavy atom. The third-order valence-electron chi connectivity index (χ3n) is 7.75. The zero-order valence-corrected chi connectivity index (χ0v) is 19.5. The summed E-state index contributed by atoms with van der Waals surface area (Å²) in [6.07, 6.45) is 9.93. The smallest absolute Gasteiger partial charge is 0.249 e. The molecular weight excluding hydrogens is 410 g/mol. The van der Waals surface area contributed by atoms with Crippen molar-refractivity contribution in [2.45, 2.75) is 63.3 Å². The van der Waals surface area contributed by atoms with Crippen LogP contribution in [0.5, 0.6) is 0 Å². The van der Waals surface area contributed by atoms with Crippen molar-refractivity contribution in [3.8, 4) is 0 Å². The van der Waals surface area contributed by atoms with Crippen LogP contribution < -0.4 is 0 Å². The normalized spacial score (nSPS) is 37.3. The van der Waals surface area contributed by atoms with Gasteiger partial charge in [-0.05, 0) is 19.8 Å². The van der Waals surface area contributed by atoms with Gasteiger partial charge in [0, 0.05) is 32.7 Å². The van der Waals surface area contributed by atoms with Crippen LogP contribution in [0.15, 0.2) is 24.3 Å². The summed E-state index contributed by atoms with van der Waals surface area (Å²) < 4.78 is 6.79. The molecule has 6 atom stereocenters. The Morgan fingerprint density at radius 1 is 1.09 bits per heavy atom. The van der Waals surface area contributed by atoms with E-state index in [2.05, 4.69) is 6.92 Å². The van der Waals surface area contributed by atoms with Gasteiger partial charge in [-0.15, -0.1) is 0 Å². The fourth-order valence-corrected chi connectivity index (χ4v) is 6.22. The van der Waals surface area contributed by atoms with Crippen molar-refractivity contribution in [2.24, 2.45) is 11.8 Å². The third-order valence-corrected chi connectivity index (χ3v) is 7.75. The Labute approximate surface area is 189 Å². The third kappa shape index (κ3) is 3.06. The molecule has 0 aliphatic carbocycles. The number of aliphatic hydroxyl groups excluding tert-OH is 1. The molecule has 0 aromatic carbocycles. The van der Waals surface area contributed by atoms with Crippen molar-refractivity contribution in [3.63, 3.8) is 0 Å². The molecule has 1 spiro atoms. The molecule has 0 bridgehead atoms. The largest absolute Gasteiger partial charge is 0.395 e. The van der Waals surface area contributed by atoms with E-state index in [1.807, 2.05) is 38.2 Å². The number of β-amino-alcohol motifs (C(OH)–C–C–N with tert-alkyl or cyclic N) is 1. The first-order valence-electron chi connectivity index (χ1n) is 11.8. The number of likely N-dealkylation sites (N-methyl/N-ethyl adjacent to an activating group) is 1. The average molecular weight is 446 g/mol. The molecule has 4 aliphatic rings. The summed E-state index contributed by atoms with van der Waals surface area (Å²) in [6.45, 7) is 6.72. The molecule has 0 aromatic rings. The highest BCUT2D eigenvalue weighted by Crippen LogP contribution is 2.58. The molecule has 8 heteroatoms. The molecule has 3 amide bonds. The summed E-state index contributed by atoms with van der Waals surface area (Å²) in [7, 11) is 1.73. The Bertz CT molecular complexity index is 857. The Hall–Kier alpha value is -2.19. The Balaban J connectivity index is 1.87. The molecule has 32 heavy (non-hydrogen) atoms. The maximum absolute atomic E-state index is 13.9. The van der Waals surface area contributed by atoms with Crippen LogP contribution in [-0.4, -0.2) is 94.1 Å². The molecule has 2 fully saturated rings. The minimum Gasteiger partial charge on any atom is -0.395 e. The number of nitrogens with zero attached hydrogens (tertiary/aromatic N) is 3. The monoisotopic (exact) mass is 445 g/mol. The van der Waals surface area contributed by atoms with E-state index in [4.69, 9.17) is 4.74 Å². The van der Waals surface area contributed by atoms with Crippen molar-refractivity contribution < 1.29 is 24.2 Å². The zero-order valence-electron chi connectivity index (χ0n) is 19.5. The number of carbonyl (C=O) groups excluding carboxylic acids is 3. The fourth-order valence-electron chi connectivity index (χ4n) is 6.22. The Kier molecular flexibility index (Phi) is 5.96. The molecule has 4 heterocycles.